The van der Waals surface area contributed by atoms with E-state index in [2.05, 4.69) is 0 Å². The van der Waals surface area contributed by atoms with Crippen molar-refractivity contribution in [3.05, 3.63) is 63.9 Å². The topological polar surface area (TPSA) is 49.4 Å². The zero-order chi connectivity index (χ0) is 19.2. The van der Waals surface area contributed by atoms with Crippen LogP contribution >= 0.6 is 11.3 Å². The number of thiophene rings is 1. The van der Waals surface area contributed by atoms with Gasteiger partial charge in [0.05, 0.1) is 0 Å². The zero-order valence-corrected chi connectivity index (χ0v) is 14.7. The number of hydrogen-bond acceptors (Lipinski definition) is 3. The van der Waals surface area contributed by atoms with Gasteiger partial charge in [-0.05, 0) is 35.2 Å². The second-order valence-corrected chi connectivity index (χ2v) is 6.52. The number of carbonyl (C=O) groups excluding carboxylic acids is 2. The monoisotopic (exact) mass is 382 g/mol. The first kappa shape index (κ1) is 19.7. The summed E-state index contributed by atoms with van der Waals surface area (Å²) in [5.74, 6) is -0.970. The Bertz CT molecular complexity index is 769. The van der Waals surface area contributed by atoms with E-state index >= 15 is 0 Å². The van der Waals surface area contributed by atoms with Crippen molar-refractivity contribution >= 4 is 29.2 Å². The van der Waals surface area contributed by atoms with Gasteiger partial charge >= 0.3 is 6.18 Å². The summed E-state index contributed by atoms with van der Waals surface area (Å²) in [5.41, 5.74) is 0.891. The van der Waals surface area contributed by atoms with E-state index in [0.29, 0.717) is 6.54 Å². The van der Waals surface area contributed by atoms with Gasteiger partial charge in [0.2, 0.25) is 5.91 Å². The minimum absolute atomic E-state index is 0.129. The van der Waals surface area contributed by atoms with Gasteiger partial charge in [0.15, 0.2) is 0 Å². The summed E-state index contributed by atoms with van der Waals surface area (Å²) < 4.78 is 36.3. The van der Waals surface area contributed by atoms with E-state index in [1.807, 2.05) is 22.8 Å². The maximum absolute atomic E-state index is 12.1. The van der Waals surface area contributed by atoms with Crippen LogP contribution in [0.5, 0.6) is 0 Å². The molecule has 2 aromatic rings. The van der Waals surface area contributed by atoms with Gasteiger partial charge in [-0.1, -0.05) is 18.2 Å². The number of hydrogen-bond donors (Lipinski definition) is 1. The fraction of sp³-hybridized carbons (Fsp3) is 0.222. The van der Waals surface area contributed by atoms with E-state index in [-0.39, 0.29) is 11.5 Å². The Morgan fingerprint density at radius 2 is 1.88 bits per heavy atom. The lowest BCUT2D eigenvalue weighted by Gasteiger charge is -2.15. The maximum Gasteiger partial charge on any atom is 0.405 e. The average molecular weight is 382 g/mol. The lowest BCUT2D eigenvalue weighted by atomic mass is 10.1. The maximum atomic E-state index is 12.1. The molecule has 2 amide bonds. The summed E-state index contributed by atoms with van der Waals surface area (Å²) in [6.07, 6.45) is -1.24. The molecule has 4 nitrogen and oxygen atoms in total. The number of carbonyl (C=O) groups is 2. The quantitative estimate of drug-likeness (QED) is 0.775. The molecule has 26 heavy (non-hydrogen) atoms. The molecule has 138 valence electrons. The van der Waals surface area contributed by atoms with Gasteiger partial charge in [0.25, 0.3) is 5.91 Å². The van der Waals surface area contributed by atoms with E-state index in [0.717, 1.165) is 10.4 Å². The molecule has 0 radical (unpaired) electrons. The fourth-order valence-electron chi connectivity index (χ4n) is 2.06. The second kappa shape index (κ2) is 8.66. The molecule has 0 spiro atoms. The molecule has 0 saturated carbocycles. The van der Waals surface area contributed by atoms with Gasteiger partial charge in [0.1, 0.15) is 6.54 Å². The third-order valence-electron chi connectivity index (χ3n) is 3.39. The number of alkyl halides is 3. The Kier molecular flexibility index (Phi) is 6.57. The number of amides is 2. The van der Waals surface area contributed by atoms with E-state index < -0.39 is 18.6 Å². The van der Waals surface area contributed by atoms with Crippen molar-refractivity contribution in [3.8, 4) is 0 Å². The Hall–Kier alpha value is -2.61. The minimum Gasteiger partial charge on any atom is -0.343 e. The molecule has 0 atom stereocenters. The summed E-state index contributed by atoms with van der Waals surface area (Å²) in [6, 6.07) is 9.87. The Balaban J connectivity index is 1.89. The largest absolute Gasteiger partial charge is 0.405 e. The van der Waals surface area contributed by atoms with Crippen molar-refractivity contribution in [1.29, 1.82) is 0 Å². The van der Waals surface area contributed by atoms with Gasteiger partial charge in [-0.25, -0.2) is 0 Å². The van der Waals surface area contributed by atoms with Crippen LogP contribution in [0.25, 0.3) is 6.08 Å². The molecular weight excluding hydrogens is 365 g/mol. The van der Waals surface area contributed by atoms with Crippen LogP contribution in [0.4, 0.5) is 13.2 Å². The van der Waals surface area contributed by atoms with Crippen LogP contribution in [-0.4, -0.2) is 36.5 Å². The Morgan fingerprint density at radius 3 is 2.46 bits per heavy atom. The first-order valence-electron chi connectivity index (χ1n) is 7.65. The van der Waals surface area contributed by atoms with E-state index in [1.165, 1.54) is 34.4 Å². The molecule has 0 saturated heterocycles. The van der Waals surface area contributed by atoms with Crippen molar-refractivity contribution < 1.29 is 22.8 Å². The highest BCUT2D eigenvalue weighted by Crippen LogP contribution is 2.14. The van der Waals surface area contributed by atoms with Gasteiger partial charge in [0, 0.05) is 30.1 Å². The third-order valence-corrected chi connectivity index (χ3v) is 4.23. The fourth-order valence-corrected chi connectivity index (χ4v) is 2.68. The summed E-state index contributed by atoms with van der Waals surface area (Å²) in [4.78, 5) is 26.2. The number of rotatable bonds is 6. The predicted octanol–water partition coefficient (Wildman–Crippen LogP) is 3.71. The summed E-state index contributed by atoms with van der Waals surface area (Å²) >= 11 is 1.52. The Labute approximate surface area is 152 Å². The van der Waals surface area contributed by atoms with Crippen molar-refractivity contribution in [2.45, 2.75) is 12.7 Å². The molecular formula is C18H17F3N2O2S. The van der Waals surface area contributed by atoms with Crippen LogP contribution in [-0.2, 0) is 11.3 Å². The smallest absolute Gasteiger partial charge is 0.343 e. The van der Waals surface area contributed by atoms with Gasteiger partial charge in [-0.3, -0.25) is 9.59 Å². The van der Waals surface area contributed by atoms with E-state index in [4.69, 9.17) is 0 Å². The van der Waals surface area contributed by atoms with Crippen LogP contribution in [0.1, 0.15) is 20.8 Å². The first-order chi connectivity index (χ1) is 12.2. The molecule has 0 aliphatic heterocycles. The number of nitrogens with zero attached hydrogens (tertiary/aromatic N) is 1. The molecule has 0 aliphatic rings. The van der Waals surface area contributed by atoms with Crippen molar-refractivity contribution in [3.63, 3.8) is 0 Å². The number of halogens is 3. The van der Waals surface area contributed by atoms with E-state index in [1.54, 1.807) is 25.3 Å². The van der Waals surface area contributed by atoms with E-state index in [9.17, 15) is 22.8 Å². The SMILES string of the molecule is CN(Cc1ccc(C(=O)NCC(F)(F)F)cc1)C(=O)/C=C/c1cccs1. The Morgan fingerprint density at radius 1 is 1.19 bits per heavy atom. The molecule has 1 heterocycles. The summed E-state index contributed by atoms with van der Waals surface area (Å²) in [5, 5.41) is 3.73. The lowest BCUT2D eigenvalue weighted by Crippen LogP contribution is -2.33. The molecule has 1 aromatic heterocycles. The molecule has 0 fully saturated rings. The van der Waals surface area contributed by atoms with Crippen LogP contribution in [0.2, 0.25) is 0 Å². The highest BCUT2D eigenvalue weighted by Gasteiger charge is 2.27. The number of likely N-dealkylation sites (N-methyl/N-ethyl adjacent to an activating group) is 1. The molecule has 0 bridgehead atoms. The number of nitrogens with one attached hydrogen (secondary N) is 1. The lowest BCUT2D eigenvalue weighted by molar-refractivity contribution is -0.125. The summed E-state index contributed by atoms with van der Waals surface area (Å²) in [6.45, 7) is -1.06. The van der Waals surface area contributed by atoms with Crippen LogP contribution < -0.4 is 5.32 Å². The normalized spacial score (nSPS) is 11.5. The average Bonchev–Trinajstić information content (AvgIpc) is 3.11. The van der Waals surface area contributed by atoms with Crippen molar-refractivity contribution in [2.24, 2.45) is 0 Å². The zero-order valence-electron chi connectivity index (χ0n) is 13.9. The van der Waals surface area contributed by atoms with Crippen LogP contribution in [0, 0.1) is 0 Å². The highest BCUT2D eigenvalue weighted by atomic mass is 32.1. The van der Waals surface area contributed by atoms with Crippen LogP contribution in [0.3, 0.4) is 0 Å². The first-order valence-corrected chi connectivity index (χ1v) is 8.53. The van der Waals surface area contributed by atoms with Gasteiger partial charge in [-0.2, -0.15) is 13.2 Å². The molecule has 2 rings (SSSR count). The number of benzene rings is 1. The third kappa shape index (κ3) is 6.36. The molecule has 8 heteroatoms. The standard InChI is InChI=1S/C18H17F3N2O2S/c1-23(16(24)9-8-15-3-2-10-26-15)11-13-4-6-14(7-5-13)17(25)22-12-18(19,20)21/h2-10H,11-12H2,1H3,(H,22,25)/b9-8+. The highest BCUT2D eigenvalue weighted by molar-refractivity contribution is 7.10. The molecule has 0 unspecified atom stereocenters. The molecule has 1 aromatic carbocycles. The van der Waals surface area contributed by atoms with Crippen LogP contribution in [0.15, 0.2) is 47.9 Å². The van der Waals surface area contributed by atoms with Crippen molar-refractivity contribution in [1.82, 2.24) is 10.2 Å². The predicted molar refractivity (Wildman–Crippen MR) is 94.7 cm³/mol. The van der Waals surface area contributed by atoms with Crippen molar-refractivity contribution in [2.75, 3.05) is 13.6 Å². The van der Waals surface area contributed by atoms with Gasteiger partial charge < -0.3 is 10.2 Å². The second-order valence-electron chi connectivity index (χ2n) is 5.54. The summed E-state index contributed by atoms with van der Waals surface area (Å²) in [7, 11) is 1.64. The minimum atomic E-state index is -4.45. The van der Waals surface area contributed by atoms with Gasteiger partial charge in [-0.15, -0.1) is 11.3 Å². The molecule has 1 N–H and O–H groups in total. The molecule has 0 aliphatic carbocycles.